The first-order chi connectivity index (χ1) is 18.1. The number of phosphoric ester groups is 2. The number of hydrogen-bond acceptors (Lipinski definition) is 10. The number of nitrogen functional groups attached to an aromatic ring is 1. The first-order valence-corrected chi connectivity index (χ1v) is 14.4. The fourth-order valence-electron chi connectivity index (χ4n) is 3.64. The van der Waals surface area contributed by atoms with E-state index < -0.39 is 46.4 Å². The van der Waals surface area contributed by atoms with E-state index >= 15 is 0 Å². The Labute approximate surface area is 246 Å². The Morgan fingerprint density at radius 2 is 1.49 bits per heavy atom. The molecular weight excluding hydrogens is 563 g/mol. The molecule has 1 aliphatic heterocycles. The summed E-state index contributed by atoms with van der Waals surface area (Å²) in [6, 6.07) is 18.8. The van der Waals surface area contributed by atoms with Crippen LogP contribution in [0.15, 0.2) is 77.7 Å². The molecule has 2 heterocycles. The van der Waals surface area contributed by atoms with E-state index in [2.05, 4.69) is 4.98 Å². The summed E-state index contributed by atoms with van der Waals surface area (Å²) in [4.78, 5) is 36.4. The van der Waals surface area contributed by atoms with Gasteiger partial charge in [-0.15, -0.1) is 0 Å². The molecule has 4 rings (SSSR count). The van der Waals surface area contributed by atoms with Crippen LogP contribution in [0, 0.1) is 0 Å². The van der Waals surface area contributed by atoms with Crippen LogP contribution in [-0.2, 0) is 45.2 Å². The Hall–Kier alpha value is -1.70. The van der Waals surface area contributed by atoms with Gasteiger partial charge in [0.15, 0.2) is 0 Å². The third-order valence-electron chi connectivity index (χ3n) is 5.49. The molecule has 5 atom stereocenters. The number of nitrogens with two attached hydrogens (primary N) is 1. The monoisotopic (exact) mass is 590 g/mol. The van der Waals surface area contributed by atoms with E-state index in [-0.39, 0.29) is 55.0 Å². The van der Waals surface area contributed by atoms with E-state index in [0.29, 0.717) is 11.1 Å². The molecule has 0 bridgehead atoms. The van der Waals surface area contributed by atoms with Crippen LogP contribution < -0.4 is 11.4 Å². The molecule has 1 saturated heterocycles. The third-order valence-corrected chi connectivity index (χ3v) is 7.41. The van der Waals surface area contributed by atoms with Crippen LogP contribution in [0.4, 0.5) is 5.82 Å². The first kappa shape index (κ1) is 31.8. The second kappa shape index (κ2) is 14.3. The van der Waals surface area contributed by atoms with Crippen molar-refractivity contribution in [3.63, 3.8) is 0 Å². The number of nitrogens with zero attached hydrogens (tertiary/aromatic N) is 2. The second-order valence-corrected chi connectivity index (χ2v) is 11.2. The minimum absolute atomic E-state index is 0. The van der Waals surface area contributed by atoms with Crippen molar-refractivity contribution in [1.82, 2.24) is 9.55 Å². The van der Waals surface area contributed by atoms with Gasteiger partial charge in [0.1, 0.15) is 24.3 Å². The summed E-state index contributed by atoms with van der Waals surface area (Å²) in [6.07, 6.45) is -2.05. The molecular formula is C23H27N3NaO10P2. The SMILES string of the molecule is Nc1ccn([C@H]2C[C@H](OP(=O)(O)OCc3ccccc3)[C@@H](COP(=O)(O)OCc3ccccc3)O2)c(=O)n1.[Na]. The van der Waals surface area contributed by atoms with Crippen LogP contribution in [-0.4, -0.2) is 67.7 Å². The summed E-state index contributed by atoms with van der Waals surface area (Å²) in [6.45, 7) is -0.943. The summed E-state index contributed by atoms with van der Waals surface area (Å²) >= 11 is 0. The van der Waals surface area contributed by atoms with Crippen molar-refractivity contribution in [2.45, 2.75) is 38.1 Å². The zero-order valence-corrected chi connectivity index (χ0v) is 24.8. The summed E-state index contributed by atoms with van der Waals surface area (Å²) in [5, 5.41) is 0. The maximum Gasteiger partial charge on any atom is 0.472 e. The van der Waals surface area contributed by atoms with E-state index in [1.165, 1.54) is 12.3 Å². The smallest absolute Gasteiger partial charge is 0.383 e. The summed E-state index contributed by atoms with van der Waals surface area (Å²) in [5.74, 6) is 0.00267. The van der Waals surface area contributed by atoms with Gasteiger partial charge in [-0.3, -0.25) is 22.7 Å². The maximum atomic E-state index is 12.7. The van der Waals surface area contributed by atoms with Gasteiger partial charge in [-0.25, -0.2) is 13.9 Å². The Bertz CT molecular complexity index is 1370. The zero-order chi connectivity index (χ0) is 27.2. The molecule has 0 aliphatic carbocycles. The molecule has 4 N–H and O–H groups in total. The molecule has 1 fully saturated rings. The quantitative estimate of drug-likeness (QED) is 0.208. The van der Waals surface area contributed by atoms with Gasteiger partial charge in [-0.05, 0) is 17.2 Å². The number of rotatable bonds is 12. The maximum absolute atomic E-state index is 12.7. The van der Waals surface area contributed by atoms with Crippen LogP contribution in [0.1, 0.15) is 23.8 Å². The van der Waals surface area contributed by atoms with Crippen molar-refractivity contribution in [3.05, 3.63) is 94.5 Å². The zero-order valence-electron chi connectivity index (χ0n) is 21.0. The molecule has 2 unspecified atom stereocenters. The van der Waals surface area contributed by atoms with Crippen LogP contribution in [0.5, 0.6) is 0 Å². The molecule has 39 heavy (non-hydrogen) atoms. The van der Waals surface area contributed by atoms with Crippen LogP contribution in [0.2, 0.25) is 0 Å². The van der Waals surface area contributed by atoms with Crippen molar-refractivity contribution in [2.24, 2.45) is 0 Å². The first-order valence-electron chi connectivity index (χ1n) is 11.5. The van der Waals surface area contributed by atoms with Gasteiger partial charge in [0.25, 0.3) is 0 Å². The number of phosphoric acid groups is 2. The molecule has 16 heteroatoms. The fourth-order valence-corrected chi connectivity index (χ4v) is 5.30. The third kappa shape index (κ3) is 9.72. The Morgan fingerprint density at radius 3 is 2.05 bits per heavy atom. The molecule has 0 spiro atoms. The van der Waals surface area contributed by atoms with Gasteiger partial charge in [-0.2, -0.15) is 4.98 Å². The summed E-state index contributed by atoms with van der Waals surface area (Å²) < 4.78 is 52.6. The van der Waals surface area contributed by atoms with Crippen LogP contribution in [0.3, 0.4) is 0 Å². The summed E-state index contributed by atoms with van der Waals surface area (Å²) in [5.41, 5.74) is 6.11. The van der Waals surface area contributed by atoms with Gasteiger partial charge in [-0.1, -0.05) is 60.7 Å². The number of hydrogen-bond donors (Lipinski definition) is 3. The predicted molar refractivity (Wildman–Crippen MR) is 140 cm³/mol. The van der Waals surface area contributed by atoms with Crippen LogP contribution >= 0.6 is 15.6 Å². The van der Waals surface area contributed by atoms with Crippen molar-refractivity contribution in [3.8, 4) is 0 Å². The van der Waals surface area contributed by atoms with E-state index in [1.54, 1.807) is 60.7 Å². The molecule has 13 nitrogen and oxygen atoms in total. The van der Waals surface area contributed by atoms with Crippen LogP contribution in [0.25, 0.3) is 0 Å². The summed E-state index contributed by atoms with van der Waals surface area (Å²) in [7, 11) is -9.17. The number of ether oxygens (including phenoxy) is 1. The van der Waals surface area contributed by atoms with Crippen molar-refractivity contribution in [2.75, 3.05) is 12.3 Å². The molecule has 0 amide bonds. The van der Waals surface area contributed by atoms with Crippen molar-refractivity contribution >= 4 is 51.0 Å². The van der Waals surface area contributed by atoms with Gasteiger partial charge in [0.05, 0.1) is 19.8 Å². The number of benzene rings is 2. The van der Waals surface area contributed by atoms with Gasteiger partial charge >= 0.3 is 21.3 Å². The number of aromatic nitrogens is 2. The normalized spacial score (nSPS) is 21.9. The molecule has 205 valence electrons. The van der Waals surface area contributed by atoms with Gasteiger partial charge in [0, 0.05) is 42.2 Å². The van der Waals surface area contributed by atoms with E-state index in [9.17, 15) is 23.7 Å². The average molecular weight is 590 g/mol. The van der Waals surface area contributed by atoms with E-state index in [4.69, 9.17) is 28.6 Å². The molecule has 1 aromatic heterocycles. The van der Waals surface area contributed by atoms with Crippen molar-refractivity contribution < 1.29 is 41.7 Å². The fraction of sp³-hybridized carbons (Fsp3) is 0.304. The van der Waals surface area contributed by atoms with E-state index in [0.717, 1.165) is 4.57 Å². The molecule has 0 saturated carbocycles. The molecule has 3 aromatic rings. The van der Waals surface area contributed by atoms with E-state index in [1.807, 2.05) is 0 Å². The topological polar surface area (TPSA) is 182 Å². The second-order valence-electron chi connectivity index (χ2n) is 8.30. The molecule has 2 aromatic carbocycles. The number of anilines is 1. The minimum atomic E-state index is -4.62. The van der Waals surface area contributed by atoms with Gasteiger partial charge in [0.2, 0.25) is 0 Å². The Balaban J connectivity index is 0.00000420. The molecule has 1 radical (unpaired) electrons. The standard InChI is InChI=1S/C23H27N3O10P2.Na/c24-21-11-12-26(23(27)25-21)22-13-19(36-38(30,31)33-15-18-9-5-2-6-10-18)20(35-22)16-34-37(28,29)32-14-17-7-3-1-4-8-17;/h1-12,19-20,22H,13-16H2,(H,28,29)(H,30,31)(H2,24,25,27);/t19-,20+,22+;/m0./s1. The minimum Gasteiger partial charge on any atom is -0.383 e. The molecule has 1 aliphatic rings. The predicted octanol–water partition coefficient (Wildman–Crippen LogP) is 2.77. The Kier molecular flexibility index (Phi) is 11.6. The Morgan fingerprint density at radius 1 is 0.923 bits per heavy atom. The average Bonchev–Trinajstić information content (AvgIpc) is 3.28. The van der Waals surface area contributed by atoms with Gasteiger partial charge < -0.3 is 20.3 Å². The van der Waals surface area contributed by atoms with Crippen molar-refractivity contribution in [1.29, 1.82) is 0 Å². The largest absolute Gasteiger partial charge is 0.472 e.